The van der Waals surface area contributed by atoms with Crippen molar-refractivity contribution < 1.29 is 24.2 Å². The number of hydrazone groups is 1. The molecule has 0 aromatic heterocycles. The van der Waals surface area contributed by atoms with Gasteiger partial charge in [-0.25, -0.2) is 10.2 Å². The van der Waals surface area contributed by atoms with Crippen molar-refractivity contribution in [2.24, 2.45) is 5.10 Å². The number of hydrogen-bond donors (Lipinski definition) is 2. The molecule has 10 heteroatoms. The number of amides is 3. The van der Waals surface area contributed by atoms with Crippen molar-refractivity contribution in [3.8, 4) is 5.75 Å². The summed E-state index contributed by atoms with van der Waals surface area (Å²) >= 11 is 5.88. The van der Waals surface area contributed by atoms with E-state index < -0.39 is 11.5 Å². The predicted octanol–water partition coefficient (Wildman–Crippen LogP) is 4.58. The van der Waals surface area contributed by atoms with Gasteiger partial charge in [0.05, 0.1) is 17.7 Å². The molecule has 0 unspecified atom stereocenters. The number of carbonyl (C=O) groups excluding carboxylic acids is 3. The van der Waals surface area contributed by atoms with Gasteiger partial charge in [0.25, 0.3) is 5.91 Å². The first-order valence-electron chi connectivity index (χ1n) is 12.6. The molecule has 204 valence electrons. The van der Waals surface area contributed by atoms with Crippen LogP contribution in [-0.2, 0) is 16.0 Å². The summed E-state index contributed by atoms with van der Waals surface area (Å²) in [6.07, 6.45) is 1.41. The number of benzene rings is 3. The molecule has 0 atom stereocenters. The molecule has 39 heavy (non-hydrogen) atoms. The molecule has 1 saturated heterocycles. The second-order valence-corrected chi connectivity index (χ2v) is 10.7. The first-order valence-corrected chi connectivity index (χ1v) is 13.0. The monoisotopic (exact) mass is 550 g/mol. The molecule has 3 amide bonds. The van der Waals surface area contributed by atoms with Crippen molar-refractivity contribution >= 4 is 46.5 Å². The summed E-state index contributed by atoms with van der Waals surface area (Å²) in [7, 11) is 0. The Labute approximate surface area is 232 Å². The van der Waals surface area contributed by atoms with Gasteiger partial charge >= 0.3 is 6.09 Å². The van der Waals surface area contributed by atoms with Gasteiger partial charge in [-0.15, -0.1) is 0 Å². The van der Waals surface area contributed by atoms with E-state index in [9.17, 15) is 19.5 Å². The molecule has 9 nitrogen and oxygen atoms in total. The lowest BCUT2D eigenvalue weighted by molar-refractivity contribution is -0.132. The summed E-state index contributed by atoms with van der Waals surface area (Å²) in [5.74, 6) is -0.582. The number of phenols is 1. The van der Waals surface area contributed by atoms with Crippen LogP contribution in [0.25, 0.3) is 10.8 Å². The summed E-state index contributed by atoms with van der Waals surface area (Å²) in [5.41, 5.74) is 3.82. The fourth-order valence-corrected chi connectivity index (χ4v) is 4.44. The number of halogens is 1. The SMILES string of the molecule is CC(C)(C)OC(=O)N1CCN(C(=O)Cc2ccc(/C=N/NC(=O)c3ccc(O)c(Cl)c3)c3ccccc23)CC1. The highest BCUT2D eigenvalue weighted by Gasteiger charge is 2.27. The molecule has 0 bridgehead atoms. The van der Waals surface area contributed by atoms with Crippen LogP contribution in [0.15, 0.2) is 59.7 Å². The Balaban J connectivity index is 1.41. The van der Waals surface area contributed by atoms with E-state index in [0.717, 1.165) is 21.9 Å². The lowest BCUT2D eigenvalue weighted by atomic mass is 9.97. The molecule has 3 aromatic rings. The Kier molecular flexibility index (Phi) is 8.40. The minimum atomic E-state index is -0.561. The fourth-order valence-electron chi connectivity index (χ4n) is 4.26. The highest BCUT2D eigenvalue weighted by atomic mass is 35.5. The molecule has 2 N–H and O–H groups in total. The number of nitrogens with one attached hydrogen (secondary N) is 1. The lowest BCUT2D eigenvalue weighted by Crippen LogP contribution is -2.52. The molecular formula is C29H31ClN4O5. The number of rotatable bonds is 5. The van der Waals surface area contributed by atoms with Crippen LogP contribution in [0.5, 0.6) is 5.75 Å². The predicted molar refractivity (Wildman–Crippen MR) is 150 cm³/mol. The number of carbonyl (C=O) groups is 3. The number of fused-ring (bicyclic) bond motifs is 1. The number of nitrogens with zero attached hydrogens (tertiary/aromatic N) is 3. The molecular weight excluding hydrogens is 520 g/mol. The van der Waals surface area contributed by atoms with E-state index in [0.29, 0.717) is 26.2 Å². The van der Waals surface area contributed by atoms with Crippen LogP contribution >= 0.6 is 11.6 Å². The minimum Gasteiger partial charge on any atom is -0.506 e. The summed E-state index contributed by atoms with van der Waals surface area (Å²) in [6, 6.07) is 15.6. The zero-order chi connectivity index (χ0) is 28.2. The number of ether oxygens (including phenoxy) is 1. The van der Waals surface area contributed by atoms with Gasteiger partial charge < -0.3 is 19.6 Å². The number of hydrogen-bond acceptors (Lipinski definition) is 6. The molecule has 0 spiro atoms. The zero-order valence-electron chi connectivity index (χ0n) is 22.1. The molecule has 1 aliphatic heterocycles. The average molecular weight is 551 g/mol. The summed E-state index contributed by atoms with van der Waals surface area (Å²) < 4.78 is 5.44. The smallest absolute Gasteiger partial charge is 0.410 e. The van der Waals surface area contributed by atoms with Gasteiger partial charge in [0, 0.05) is 37.3 Å². The number of aromatic hydroxyl groups is 1. The molecule has 3 aromatic carbocycles. The van der Waals surface area contributed by atoms with Gasteiger partial charge in [0.2, 0.25) is 5.91 Å². The molecule has 1 fully saturated rings. The van der Waals surface area contributed by atoms with Crippen molar-refractivity contribution in [3.05, 3.63) is 76.3 Å². The van der Waals surface area contributed by atoms with E-state index in [1.54, 1.807) is 16.0 Å². The van der Waals surface area contributed by atoms with Crippen LogP contribution in [0, 0.1) is 0 Å². The third-order valence-electron chi connectivity index (χ3n) is 6.25. The average Bonchev–Trinajstić information content (AvgIpc) is 2.90. The van der Waals surface area contributed by atoms with Crippen LogP contribution in [0.1, 0.15) is 42.3 Å². The van der Waals surface area contributed by atoms with E-state index in [2.05, 4.69) is 10.5 Å². The van der Waals surface area contributed by atoms with Gasteiger partial charge in [-0.3, -0.25) is 9.59 Å². The van der Waals surface area contributed by atoms with E-state index in [-0.39, 0.29) is 34.8 Å². The number of phenolic OH excluding ortho intramolecular Hbond substituents is 1. The van der Waals surface area contributed by atoms with E-state index >= 15 is 0 Å². The largest absolute Gasteiger partial charge is 0.506 e. The van der Waals surface area contributed by atoms with Crippen molar-refractivity contribution in [1.82, 2.24) is 15.2 Å². The molecule has 4 rings (SSSR count). The fraction of sp³-hybridized carbons (Fsp3) is 0.310. The van der Waals surface area contributed by atoms with Gasteiger partial charge in [-0.05, 0) is 55.3 Å². The number of piperazine rings is 1. The quantitative estimate of drug-likeness (QED) is 0.357. The van der Waals surface area contributed by atoms with Gasteiger partial charge in [-0.1, -0.05) is 48.0 Å². The van der Waals surface area contributed by atoms with Crippen molar-refractivity contribution in [1.29, 1.82) is 0 Å². The first-order chi connectivity index (χ1) is 18.5. The summed E-state index contributed by atoms with van der Waals surface area (Å²) in [4.78, 5) is 41.2. The topological polar surface area (TPSA) is 112 Å². The normalized spacial score (nSPS) is 14.1. The van der Waals surface area contributed by atoms with Crippen LogP contribution in [0.2, 0.25) is 5.02 Å². The van der Waals surface area contributed by atoms with E-state index in [1.807, 2.05) is 57.2 Å². The molecule has 0 radical (unpaired) electrons. The Morgan fingerprint density at radius 1 is 1.00 bits per heavy atom. The summed E-state index contributed by atoms with van der Waals surface area (Å²) in [6.45, 7) is 7.25. The van der Waals surface area contributed by atoms with Crippen molar-refractivity contribution in [2.45, 2.75) is 32.8 Å². The van der Waals surface area contributed by atoms with Crippen LogP contribution in [0.3, 0.4) is 0 Å². The van der Waals surface area contributed by atoms with E-state index in [1.165, 1.54) is 18.2 Å². The first kappa shape index (κ1) is 27.9. The minimum absolute atomic E-state index is 0.00905. The Morgan fingerprint density at radius 2 is 1.67 bits per heavy atom. The van der Waals surface area contributed by atoms with Gasteiger partial charge in [0.1, 0.15) is 11.4 Å². The Hall–Kier alpha value is -4.11. The van der Waals surface area contributed by atoms with Crippen LogP contribution < -0.4 is 5.43 Å². The highest BCUT2D eigenvalue weighted by molar-refractivity contribution is 6.32. The molecule has 1 aliphatic rings. The maximum Gasteiger partial charge on any atom is 0.410 e. The second kappa shape index (κ2) is 11.7. The second-order valence-electron chi connectivity index (χ2n) is 10.2. The summed E-state index contributed by atoms with van der Waals surface area (Å²) in [5, 5.41) is 15.5. The molecule has 1 heterocycles. The van der Waals surface area contributed by atoms with Gasteiger partial charge in [-0.2, -0.15) is 5.10 Å². The van der Waals surface area contributed by atoms with E-state index in [4.69, 9.17) is 16.3 Å². The molecule has 0 aliphatic carbocycles. The van der Waals surface area contributed by atoms with Crippen molar-refractivity contribution in [3.63, 3.8) is 0 Å². The van der Waals surface area contributed by atoms with Gasteiger partial charge in [0.15, 0.2) is 0 Å². The third-order valence-corrected chi connectivity index (χ3v) is 6.56. The van der Waals surface area contributed by atoms with Crippen LogP contribution in [0.4, 0.5) is 4.79 Å². The maximum absolute atomic E-state index is 13.1. The maximum atomic E-state index is 13.1. The highest BCUT2D eigenvalue weighted by Crippen LogP contribution is 2.25. The van der Waals surface area contributed by atoms with Crippen molar-refractivity contribution in [2.75, 3.05) is 26.2 Å². The Bertz CT molecular complexity index is 1420. The lowest BCUT2D eigenvalue weighted by Gasteiger charge is -2.35. The third kappa shape index (κ3) is 7.06. The Morgan fingerprint density at radius 3 is 2.33 bits per heavy atom. The standard InChI is InChI=1S/C29H31ClN4O5/c1-29(2,3)39-28(38)34-14-12-33(13-15-34)26(36)17-19-8-9-21(23-7-5-4-6-22(19)23)18-31-32-27(37)20-10-11-25(35)24(30)16-20/h4-11,16,18,35H,12-15,17H2,1-3H3,(H,32,37)/b31-18+. The molecule has 0 saturated carbocycles. The zero-order valence-corrected chi connectivity index (χ0v) is 22.9. The van der Waals surface area contributed by atoms with Crippen LogP contribution in [-0.4, -0.2) is 70.8 Å².